The number of hydrogen-bond donors (Lipinski definition) is 2. The number of nitrogens with two attached hydrogens (primary N) is 1. The lowest BCUT2D eigenvalue weighted by Crippen LogP contribution is -2.06. The molecule has 1 aromatic heterocycles. The van der Waals surface area contributed by atoms with Crippen molar-refractivity contribution in [2.75, 3.05) is 0 Å². The van der Waals surface area contributed by atoms with Crippen molar-refractivity contribution in [3.63, 3.8) is 0 Å². The summed E-state index contributed by atoms with van der Waals surface area (Å²) in [6.07, 6.45) is 1.83. The van der Waals surface area contributed by atoms with Crippen LogP contribution in [-0.2, 0) is 0 Å². The molecule has 0 amide bonds. The van der Waals surface area contributed by atoms with Gasteiger partial charge in [-0.2, -0.15) is 5.10 Å². The molecule has 15 heavy (non-hydrogen) atoms. The van der Waals surface area contributed by atoms with Crippen LogP contribution in [0.3, 0.4) is 0 Å². The summed E-state index contributed by atoms with van der Waals surface area (Å²) in [6, 6.07) is 8.21. The molecule has 3 heteroatoms. The minimum atomic E-state index is -0.0258. The molecule has 1 unspecified atom stereocenters. The highest BCUT2D eigenvalue weighted by Crippen LogP contribution is 2.27. The van der Waals surface area contributed by atoms with Crippen LogP contribution in [0.15, 0.2) is 30.5 Å². The van der Waals surface area contributed by atoms with Gasteiger partial charge in [-0.3, -0.25) is 5.10 Å². The van der Waals surface area contributed by atoms with Crippen molar-refractivity contribution in [1.29, 1.82) is 0 Å². The third-order valence-electron chi connectivity index (χ3n) is 2.56. The second-order valence-corrected chi connectivity index (χ2v) is 3.80. The first-order valence-corrected chi connectivity index (χ1v) is 5.05. The fraction of sp³-hybridized carbons (Fsp3) is 0.250. The molecule has 1 heterocycles. The Morgan fingerprint density at radius 2 is 2.00 bits per heavy atom. The van der Waals surface area contributed by atoms with Gasteiger partial charge in [0.25, 0.3) is 0 Å². The molecule has 1 aromatic carbocycles. The van der Waals surface area contributed by atoms with Crippen molar-refractivity contribution >= 4 is 0 Å². The Balaban J connectivity index is 2.55. The van der Waals surface area contributed by atoms with Crippen LogP contribution in [-0.4, -0.2) is 10.2 Å². The first-order valence-electron chi connectivity index (χ1n) is 5.05. The van der Waals surface area contributed by atoms with Crippen molar-refractivity contribution in [1.82, 2.24) is 10.2 Å². The molecule has 78 valence electrons. The Morgan fingerprint density at radius 1 is 1.27 bits per heavy atom. The van der Waals surface area contributed by atoms with Crippen LogP contribution in [0.2, 0.25) is 0 Å². The first-order chi connectivity index (χ1) is 7.20. The normalized spacial score (nSPS) is 12.7. The SMILES string of the molecule is Cc1ccccc1-c1cn[nH]c1C(C)N. The number of H-pyrrole nitrogens is 1. The summed E-state index contributed by atoms with van der Waals surface area (Å²) in [5.74, 6) is 0. The first kappa shape index (κ1) is 9.93. The molecule has 0 fully saturated rings. The average Bonchev–Trinajstić information content (AvgIpc) is 2.67. The van der Waals surface area contributed by atoms with E-state index in [0.29, 0.717) is 0 Å². The molecule has 0 aliphatic heterocycles. The molecule has 1 atom stereocenters. The monoisotopic (exact) mass is 201 g/mol. The Labute approximate surface area is 89.3 Å². The number of nitrogens with zero attached hydrogens (tertiary/aromatic N) is 1. The summed E-state index contributed by atoms with van der Waals surface area (Å²) >= 11 is 0. The molecule has 0 spiro atoms. The lowest BCUT2D eigenvalue weighted by atomic mass is 9.99. The van der Waals surface area contributed by atoms with Crippen molar-refractivity contribution in [3.05, 3.63) is 41.7 Å². The van der Waals surface area contributed by atoms with Crippen LogP contribution in [0.5, 0.6) is 0 Å². The number of aromatic amines is 1. The van der Waals surface area contributed by atoms with E-state index in [9.17, 15) is 0 Å². The van der Waals surface area contributed by atoms with E-state index in [2.05, 4.69) is 29.3 Å². The zero-order valence-electron chi connectivity index (χ0n) is 8.99. The summed E-state index contributed by atoms with van der Waals surface area (Å²) in [7, 11) is 0. The summed E-state index contributed by atoms with van der Waals surface area (Å²) in [5, 5.41) is 7.01. The maximum atomic E-state index is 5.88. The number of hydrogen-bond acceptors (Lipinski definition) is 2. The standard InChI is InChI=1S/C12H15N3/c1-8-5-3-4-6-10(8)11-7-14-15-12(11)9(2)13/h3-7,9H,13H2,1-2H3,(H,14,15). The van der Waals surface area contributed by atoms with Gasteiger partial charge < -0.3 is 5.73 Å². The fourth-order valence-corrected chi connectivity index (χ4v) is 1.73. The molecule has 3 nitrogen and oxygen atoms in total. The van der Waals surface area contributed by atoms with Crippen LogP contribution in [0, 0.1) is 6.92 Å². The summed E-state index contributed by atoms with van der Waals surface area (Å²) in [6.45, 7) is 4.04. The molecular weight excluding hydrogens is 186 g/mol. The topological polar surface area (TPSA) is 54.7 Å². The van der Waals surface area contributed by atoms with Gasteiger partial charge in [-0.05, 0) is 25.0 Å². The largest absolute Gasteiger partial charge is 0.323 e. The van der Waals surface area contributed by atoms with Crippen molar-refractivity contribution in [2.45, 2.75) is 19.9 Å². The third kappa shape index (κ3) is 1.78. The lowest BCUT2D eigenvalue weighted by Gasteiger charge is -2.08. The molecule has 0 saturated carbocycles. The molecule has 0 bridgehead atoms. The van der Waals surface area contributed by atoms with Gasteiger partial charge in [0.1, 0.15) is 0 Å². The van der Waals surface area contributed by atoms with Crippen LogP contribution < -0.4 is 5.73 Å². The molecule has 3 N–H and O–H groups in total. The van der Waals surface area contributed by atoms with Crippen LogP contribution >= 0.6 is 0 Å². The van der Waals surface area contributed by atoms with Crippen LogP contribution in [0.25, 0.3) is 11.1 Å². The zero-order chi connectivity index (χ0) is 10.8. The number of nitrogens with one attached hydrogen (secondary N) is 1. The molecule has 0 saturated heterocycles. The Kier molecular flexibility index (Phi) is 2.56. The van der Waals surface area contributed by atoms with E-state index in [1.165, 1.54) is 11.1 Å². The molecule has 0 radical (unpaired) electrons. The van der Waals surface area contributed by atoms with E-state index in [0.717, 1.165) is 11.3 Å². The van der Waals surface area contributed by atoms with Gasteiger partial charge >= 0.3 is 0 Å². The molecular formula is C12H15N3. The second-order valence-electron chi connectivity index (χ2n) is 3.80. The molecule has 0 aliphatic rings. The summed E-state index contributed by atoms with van der Waals surface area (Å²) < 4.78 is 0. The smallest absolute Gasteiger partial charge is 0.0595 e. The van der Waals surface area contributed by atoms with Gasteiger partial charge in [-0.15, -0.1) is 0 Å². The highest BCUT2D eigenvalue weighted by Gasteiger charge is 2.11. The quantitative estimate of drug-likeness (QED) is 0.784. The number of benzene rings is 1. The molecule has 2 aromatic rings. The third-order valence-corrected chi connectivity index (χ3v) is 2.56. The van der Waals surface area contributed by atoms with Gasteiger partial charge in [0.05, 0.1) is 11.9 Å². The number of aryl methyl sites for hydroxylation is 1. The predicted octanol–water partition coefficient (Wildman–Crippen LogP) is 2.40. The van der Waals surface area contributed by atoms with Crippen molar-refractivity contribution < 1.29 is 0 Å². The van der Waals surface area contributed by atoms with Crippen molar-refractivity contribution in [3.8, 4) is 11.1 Å². The second kappa shape index (κ2) is 3.87. The van der Waals surface area contributed by atoms with Crippen LogP contribution in [0.4, 0.5) is 0 Å². The van der Waals surface area contributed by atoms with Crippen LogP contribution in [0.1, 0.15) is 24.2 Å². The van der Waals surface area contributed by atoms with E-state index in [1.807, 2.05) is 25.3 Å². The number of aromatic nitrogens is 2. The fourth-order valence-electron chi connectivity index (χ4n) is 1.73. The maximum Gasteiger partial charge on any atom is 0.0595 e. The minimum Gasteiger partial charge on any atom is -0.323 e. The maximum absolute atomic E-state index is 5.88. The van der Waals surface area contributed by atoms with Gasteiger partial charge in [0, 0.05) is 11.6 Å². The van der Waals surface area contributed by atoms with E-state index in [4.69, 9.17) is 5.73 Å². The van der Waals surface area contributed by atoms with Gasteiger partial charge in [-0.1, -0.05) is 24.3 Å². The lowest BCUT2D eigenvalue weighted by molar-refractivity contribution is 0.774. The Bertz CT molecular complexity index is 457. The van der Waals surface area contributed by atoms with E-state index >= 15 is 0 Å². The average molecular weight is 201 g/mol. The highest BCUT2D eigenvalue weighted by molar-refractivity contribution is 5.69. The van der Waals surface area contributed by atoms with Crippen molar-refractivity contribution in [2.24, 2.45) is 5.73 Å². The number of rotatable bonds is 2. The molecule has 0 aliphatic carbocycles. The van der Waals surface area contributed by atoms with Gasteiger partial charge in [-0.25, -0.2) is 0 Å². The highest BCUT2D eigenvalue weighted by atomic mass is 15.1. The molecule has 2 rings (SSSR count). The minimum absolute atomic E-state index is 0.0258. The summed E-state index contributed by atoms with van der Waals surface area (Å²) in [4.78, 5) is 0. The Hall–Kier alpha value is -1.61. The zero-order valence-corrected chi connectivity index (χ0v) is 8.99. The Morgan fingerprint density at radius 3 is 2.67 bits per heavy atom. The van der Waals surface area contributed by atoms with Gasteiger partial charge in [0.15, 0.2) is 0 Å². The summed E-state index contributed by atoms with van der Waals surface area (Å²) in [5.41, 5.74) is 10.4. The predicted molar refractivity (Wildman–Crippen MR) is 61.4 cm³/mol. The van der Waals surface area contributed by atoms with E-state index in [1.54, 1.807) is 0 Å². The van der Waals surface area contributed by atoms with Gasteiger partial charge in [0.2, 0.25) is 0 Å². The van der Waals surface area contributed by atoms with E-state index in [-0.39, 0.29) is 6.04 Å². The van der Waals surface area contributed by atoms with E-state index < -0.39 is 0 Å².